The van der Waals surface area contributed by atoms with Crippen LogP contribution < -0.4 is 11.5 Å². The van der Waals surface area contributed by atoms with Gasteiger partial charge in [0, 0.05) is 22.5 Å². The van der Waals surface area contributed by atoms with Gasteiger partial charge >= 0.3 is 0 Å². The van der Waals surface area contributed by atoms with Crippen LogP contribution in [0.5, 0.6) is 0 Å². The van der Waals surface area contributed by atoms with Crippen LogP contribution in [0, 0.1) is 0 Å². The first-order valence-corrected chi connectivity index (χ1v) is 9.94. The molecular formula is C22H34N2. The van der Waals surface area contributed by atoms with Gasteiger partial charge < -0.3 is 11.5 Å². The van der Waals surface area contributed by atoms with E-state index in [1.165, 1.54) is 86.5 Å². The summed E-state index contributed by atoms with van der Waals surface area (Å²) in [7, 11) is 0. The summed E-state index contributed by atoms with van der Waals surface area (Å²) in [5.41, 5.74) is 20.5. The van der Waals surface area contributed by atoms with E-state index in [0.29, 0.717) is 11.8 Å². The van der Waals surface area contributed by atoms with Crippen molar-refractivity contribution in [2.24, 2.45) is 0 Å². The third-order valence-electron chi connectivity index (χ3n) is 6.00. The Morgan fingerprint density at radius 3 is 1.96 bits per heavy atom. The molecule has 0 saturated heterocycles. The van der Waals surface area contributed by atoms with Gasteiger partial charge in [0.25, 0.3) is 0 Å². The maximum atomic E-state index is 6.75. The molecule has 0 radical (unpaired) electrons. The lowest BCUT2D eigenvalue weighted by Crippen LogP contribution is -2.15. The van der Waals surface area contributed by atoms with Crippen molar-refractivity contribution in [2.75, 3.05) is 11.5 Å². The lowest BCUT2D eigenvalue weighted by molar-refractivity contribution is 0.440. The van der Waals surface area contributed by atoms with Crippen LogP contribution in [0.25, 0.3) is 6.08 Å². The highest BCUT2D eigenvalue weighted by Gasteiger charge is 2.26. The number of benzene rings is 1. The summed E-state index contributed by atoms with van der Waals surface area (Å²) in [6.07, 6.45) is 15.4. The molecule has 0 heterocycles. The lowest BCUT2D eigenvalue weighted by atomic mass is 9.77. The van der Waals surface area contributed by atoms with E-state index in [0.717, 1.165) is 11.4 Å². The molecule has 2 saturated carbocycles. The molecule has 1 aromatic rings. The number of rotatable bonds is 3. The van der Waals surface area contributed by atoms with Gasteiger partial charge in [-0.2, -0.15) is 0 Å². The molecule has 2 aliphatic carbocycles. The number of nitrogen functional groups attached to an aromatic ring is 2. The van der Waals surface area contributed by atoms with Crippen molar-refractivity contribution >= 4 is 17.5 Å². The van der Waals surface area contributed by atoms with E-state index < -0.39 is 0 Å². The smallest absolute Gasteiger partial charge is 0.0446 e. The highest BCUT2D eigenvalue weighted by atomic mass is 14.6. The summed E-state index contributed by atoms with van der Waals surface area (Å²) in [4.78, 5) is 0. The summed E-state index contributed by atoms with van der Waals surface area (Å²) in [6.45, 7) is 4.33. The largest absolute Gasteiger partial charge is 0.398 e. The second-order valence-corrected chi connectivity index (χ2v) is 8.19. The van der Waals surface area contributed by atoms with Gasteiger partial charge in [-0.3, -0.25) is 0 Å². The molecular weight excluding hydrogens is 292 g/mol. The van der Waals surface area contributed by atoms with E-state index in [1.54, 1.807) is 0 Å². The Bertz CT molecular complexity index is 599. The van der Waals surface area contributed by atoms with Gasteiger partial charge in [0.1, 0.15) is 0 Å². The summed E-state index contributed by atoms with van der Waals surface area (Å²) in [5, 5.41) is 0. The minimum atomic E-state index is 0.559. The summed E-state index contributed by atoms with van der Waals surface area (Å²) < 4.78 is 0. The maximum absolute atomic E-state index is 6.75. The van der Waals surface area contributed by atoms with Crippen LogP contribution in [0.2, 0.25) is 0 Å². The number of anilines is 2. The quantitative estimate of drug-likeness (QED) is 0.634. The normalized spacial score (nSPS) is 20.1. The topological polar surface area (TPSA) is 52.0 Å². The van der Waals surface area contributed by atoms with Crippen LogP contribution in [-0.2, 0) is 0 Å². The molecule has 0 aliphatic heterocycles. The third-order valence-corrected chi connectivity index (χ3v) is 6.00. The highest BCUT2D eigenvalue weighted by Crippen LogP contribution is 2.45. The van der Waals surface area contributed by atoms with E-state index in [4.69, 9.17) is 11.5 Å². The number of nitrogens with two attached hydrogens (primary N) is 2. The molecule has 2 fully saturated rings. The first kappa shape index (κ1) is 17.4. The monoisotopic (exact) mass is 326 g/mol. The van der Waals surface area contributed by atoms with Crippen LogP contribution in [0.15, 0.2) is 11.6 Å². The molecule has 0 bridgehead atoms. The van der Waals surface area contributed by atoms with Gasteiger partial charge in [0.2, 0.25) is 0 Å². The van der Waals surface area contributed by atoms with Crippen LogP contribution in [-0.4, -0.2) is 0 Å². The van der Waals surface area contributed by atoms with Crippen molar-refractivity contribution in [3.8, 4) is 0 Å². The van der Waals surface area contributed by atoms with Crippen LogP contribution in [0.1, 0.15) is 107 Å². The molecule has 2 nitrogen and oxygen atoms in total. The summed E-state index contributed by atoms with van der Waals surface area (Å²) in [6, 6.07) is 2.28. The Balaban J connectivity index is 2.07. The molecule has 0 atom stereocenters. The van der Waals surface area contributed by atoms with E-state index in [-0.39, 0.29) is 0 Å². The van der Waals surface area contributed by atoms with E-state index in [1.807, 2.05) is 0 Å². The SMILES string of the molecule is CC(C)=Cc1c(C2CCCCC2)cc(N)c(C2CCCCC2)c1N. The second kappa shape index (κ2) is 7.63. The molecule has 0 spiro atoms. The van der Waals surface area contributed by atoms with E-state index in [9.17, 15) is 0 Å². The Labute approximate surface area is 147 Å². The molecule has 2 heteroatoms. The standard InChI is InChI=1S/C22H34N2/c1-15(2)13-19-18(16-9-5-3-6-10-16)14-20(23)21(22(19)24)17-11-7-4-8-12-17/h13-14,16-17H,3-12,23-24H2,1-2H3. The molecule has 4 N–H and O–H groups in total. The van der Waals surface area contributed by atoms with E-state index >= 15 is 0 Å². The highest BCUT2D eigenvalue weighted by molar-refractivity contribution is 5.78. The first-order valence-electron chi connectivity index (χ1n) is 9.94. The fourth-order valence-electron chi connectivity index (χ4n) is 4.83. The van der Waals surface area contributed by atoms with Gasteiger partial charge in [0.15, 0.2) is 0 Å². The Kier molecular flexibility index (Phi) is 5.53. The predicted molar refractivity (Wildman–Crippen MR) is 106 cm³/mol. The lowest BCUT2D eigenvalue weighted by Gasteiger charge is -2.30. The molecule has 0 aromatic heterocycles. The fourth-order valence-corrected chi connectivity index (χ4v) is 4.83. The fraction of sp³-hybridized carbons (Fsp3) is 0.636. The number of allylic oxidation sites excluding steroid dienone is 1. The van der Waals surface area contributed by atoms with Crippen molar-refractivity contribution in [1.82, 2.24) is 0 Å². The minimum absolute atomic E-state index is 0.559. The zero-order valence-corrected chi connectivity index (χ0v) is 15.5. The summed E-state index contributed by atoms with van der Waals surface area (Å²) >= 11 is 0. The minimum Gasteiger partial charge on any atom is -0.398 e. The average Bonchev–Trinajstić information content (AvgIpc) is 2.59. The molecule has 0 amide bonds. The van der Waals surface area contributed by atoms with Gasteiger partial charge in [0.05, 0.1) is 0 Å². The Hall–Kier alpha value is -1.44. The number of hydrogen-bond acceptors (Lipinski definition) is 2. The number of hydrogen-bond donors (Lipinski definition) is 2. The van der Waals surface area contributed by atoms with Crippen molar-refractivity contribution in [3.63, 3.8) is 0 Å². The van der Waals surface area contributed by atoms with Gasteiger partial charge in [-0.05, 0) is 63.0 Å². The third kappa shape index (κ3) is 3.63. The van der Waals surface area contributed by atoms with Crippen LogP contribution in [0.4, 0.5) is 11.4 Å². The zero-order chi connectivity index (χ0) is 17.1. The first-order chi connectivity index (χ1) is 11.6. The average molecular weight is 327 g/mol. The molecule has 0 unspecified atom stereocenters. The summed E-state index contributed by atoms with van der Waals surface area (Å²) in [5.74, 6) is 1.19. The molecule has 3 rings (SSSR count). The van der Waals surface area contributed by atoms with Crippen molar-refractivity contribution in [1.29, 1.82) is 0 Å². The molecule has 2 aliphatic rings. The van der Waals surface area contributed by atoms with Gasteiger partial charge in [-0.25, -0.2) is 0 Å². The molecule has 132 valence electrons. The van der Waals surface area contributed by atoms with Gasteiger partial charge in [-0.1, -0.05) is 50.2 Å². The maximum Gasteiger partial charge on any atom is 0.0446 e. The Morgan fingerprint density at radius 1 is 0.875 bits per heavy atom. The zero-order valence-electron chi connectivity index (χ0n) is 15.5. The van der Waals surface area contributed by atoms with Crippen LogP contribution >= 0.6 is 0 Å². The Morgan fingerprint density at radius 2 is 1.42 bits per heavy atom. The molecule has 24 heavy (non-hydrogen) atoms. The molecule has 1 aromatic carbocycles. The van der Waals surface area contributed by atoms with Crippen molar-refractivity contribution in [2.45, 2.75) is 89.9 Å². The van der Waals surface area contributed by atoms with Crippen molar-refractivity contribution in [3.05, 3.63) is 28.3 Å². The second-order valence-electron chi connectivity index (χ2n) is 8.19. The predicted octanol–water partition coefficient (Wildman–Crippen LogP) is 6.37. The van der Waals surface area contributed by atoms with E-state index in [2.05, 4.69) is 26.0 Å². The van der Waals surface area contributed by atoms with Gasteiger partial charge in [-0.15, -0.1) is 0 Å². The van der Waals surface area contributed by atoms with Crippen molar-refractivity contribution < 1.29 is 0 Å². The van der Waals surface area contributed by atoms with Crippen LogP contribution in [0.3, 0.4) is 0 Å².